The average Bonchev–Trinajstić information content (AvgIpc) is 3.24. The van der Waals surface area contributed by atoms with Crippen LogP contribution in [0.4, 0.5) is 0 Å². The zero-order valence-electron chi connectivity index (χ0n) is 13.3. The molecular formula is C17H20N4O2. The molecule has 3 aromatic rings. The molecule has 0 atom stereocenters. The van der Waals surface area contributed by atoms with Crippen molar-refractivity contribution in [3.8, 4) is 11.4 Å². The van der Waals surface area contributed by atoms with E-state index in [-0.39, 0.29) is 0 Å². The summed E-state index contributed by atoms with van der Waals surface area (Å²) in [6.07, 6.45) is 4.29. The van der Waals surface area contributed by atoms with Crippen molar-refractivity contribution in [3.05, 3.63) is 60.1 Å². The molecule has 2 aromatic heterocycles. The van der Waals surface area contributed by atoms with E-state index < -0.39 is 0 Å². The van der Waals surface area contributed by atoms with E-state index in [2.05, 4.69) is 15.4 Å². The van der Waals surface area contributed by atoms with Gasteiger partial charge in [-0.2, -0.15) is 5.10 Å². The Bertz CT molecular complexity index is 763. The maximum Gasteiger partial charge on any atom is 0.193 e. The third-order valence-electron chi connectivity index (χ3n) is 3.55. The predicted octanol–water partition coefficient (Wildman–Crippen LogP) is 2.72. The standard InChI is InChI=1S/C17H20N4O2/c1-3-17-20-13(12-23-17)10-18-11-14-8-9-19-21(14)15-6-4-5-7-16(15)22-2/h4-9,12,18H,3,10-11H2,1-2H3. The van der Waals surface area contributed by atoms with E-state index in [0.29, 0.717) is 13.1 Å². The summed E-state index contributed by atoms with van der Waals surface area (Å²) in [6, 6.07) is 9.81. The Balaban J connectivity index is 1.69. The predicted molar refractivity (Wildman–Crippen MR) is 86.5 cm³/mol. The molecule has 0 saturated carbocycles. The van der Waals surface area contributed by atoms with Crippen molar-refractivity contribution < 1.29 is 9.15 Å². The van der Waals surface area contributed by atoms with Crippen molar-refractivity contribution in [2.75, 3.05) is 7.11 Å². The molecule has 0 amide bonds. The van der Waals surface area contributed by atoms with Gasteiger partial charge in [-0.25, -0.2) is 9.67 Å². The topological polar surface area (TPSA) is 65.1 Å². The Labute approximate surface area is 135 Å². The highest BCUT2D eigenvalue weighted by molar-refractivity contribution is 5.46. The summed E-state index contributed by atoms with van der Waals surface area (Å²) in [6.45, 7) is 3.35. The van der Waals surface area contributed by atoms with Crippen LogP contribution in [0.25, 0.3) is 5.69 Å². The first kappa shape index (κ1) is 15.3. The number of hydrogen-bond acceptors (Lipinski definition) is 5. The van der Waals surface area contributed by atoms with E-state index in [9.17, 15) is 0 Å². The Hall–Kier alpha value is -2.60. The van der Waals surface area contributed by atoms with E-state index in [0.717, 1.165) is 35.1 Å². The first-order chi connectivity index (χ1) is 11.3. The molecule has 0 unspecified atom stereocenters. The molecule has 6 heteroatoms. The van der Waals surface area contributed by atoms with Gasteiger partial charge in [0.2, 0.25) is 0 Å². The van der Waals surface area contributed by atoms with Gasteiger partial charge in [-0.3, -0.25) is 0 Å². The average molecular weight is 312 g/mol. The van der Waals surface area contributed by atoms with Gasteiger partial charge in [0.05, 0.1) is 18.5 Å². The maximum absolute atomic E-state index is 5.41. The molecular weight excluding hydrogens is 292 g/mol. The molecule has 6 nitrogen and oxygen atoms in total. The summed E-state index contributed by atoms with van der Waals surface area (Å²) in [5.41, 5.74) is 2.88. The second-order valence-electron chi connectivity index (χ2n) is 5.10. The molecule has 120 valence electrons. The molecule has 0 spiro atoms. The molecule has 0 radical (unpaired) electrons. The molecule has 1 aromatic carbocycles. The van der Waals surface area contributed by atoms with Crippen molar-refractivity contribution in [1.82, 2.24) is 20.1 Å². The molecule has 0 aliphatic heterocycles. The van der Waals surface area contributed by atoms with Gasteiger partial charge in [0.25, 0.3) is 0 Å². The number of methoxy groups -OCH3 is 1. The number of nitrogens with zero attached hydrogens (tertiary/aromatic N) is 3. The summed E-state index contributed by atoms with van der Waals surface area (Å²) in [5.74, 6) is 1.56. The fraction of sp³-hybridized carbons (Fsp3) is 0.294. The molecule has 0 bridgehead atoms. The van der Waals surface area contributed by atoms with Crippen molar-refractivity contribution in [3.63, 3.8) is 0 Å². The number of aryl methyl sites for hydroxylation is 1. The summed E-state index contributed by atoms with van der Waals surface area (Å²) in [7, 11) is 1.66. The number of para-hydroxylation sites is 2. The summed E-state index contributed by atoms with van der Waals surface area (Å²) in [4.78, 5) is 4.38. The van der Waals surface area contributed by atoms with E-state index in [1.165, 1.54) is 0 Å². The third kappa shape index (κ3) is 3.43. The lowest BCUT2D eigenvalue weighted by atomic mass is 10.3. The van der Waals surface area contributed by atoms with Crippen LogP contribution in [0.3, 0.4) is 0 Å². The number of ether oxygens (including phenoxy) is 1. The van der Waals surface area contributed by atoms with Crippen molar-refractivity contribution in [2.24, 2.45) is 0 Å². The highest BCUT2D eigenvalue weighted by atomic mass is 16.5. The molecule has 2 heterocycles. The zero-order chi connectivity index (χ0) is 16.1. The van der Waals surface area contributed by atoms with Crippen LogP contribution in [-0.2, 0) is 19.5 Å². The zero-order valence-corrected chi connectivity index (χ0v) is 13.3. The normalized spacial score (nSPS) is 10.9. The number of rotatable bonds is 7. The molecule has 1 N–H and O–H groups in total. The summed E-state index contributed by atoms with van der Waals surface area (Å²) < 4.78 is 12.6. The monoisotopic (exact) mass is 312 g/mol. The van der Waals surface area contributed by atoms with Gasteiger partial charge in [0.1, 0.15) is 17.7 Å². The number of benzene rings is 1. The molecule has 0 aliphatic carbocycles. The van der Waals surface area contributed by atoms with Gasteiger partial charge in [-0.1, -0.05) is 19.1 Å². The number of hydrogen-bond donors (Lipinski definition) is 1. The van der Waals surface area contributed by atoms with Crippen LogP contribution in [0, 0.1) is 0 Å². The first-order valence-corrected chi connectivity index (χ1v) is 7.62. The lowest BCUT2D eigenvalue weighted by Crippen LogP contribution is -2.16. The van der Waals surface area contributed by atoms with Gasteiger partial charge >= 0.3 is 0 Å². The second kappa shape index (κ2) is 7.11. The first-order valence-electron chi connectivity index (χ1n) is 7.62. The third-order valence-corrected chi connectivity index (χ3v) is 3.55. The smallest absolute Gasteiger partial charge is 0.193 e. The SMILES string of the molecule is CCc1nc(CNCc2ccnn2-c2ccccc2OC)co1. The van der Waals surface area contributed by atoms with Crippen molar-refractivity contribution in [2.45, 2.75) is 26.4 Å². The fourth-order valence-corrected chi connectivity index (χ4v) is 2.40. The Kier molecular flexibility index (Phi) is 4.73. The highest BCUT2D eigenvalue weighted by Crippen LogP contribution is 2.22. The van der Waals surface area contributed by atoms with E-state index in [4.69, 9.17) is 9.15 Å². The van der Waals surface area contributed by atoms with E-state index >= 15 is 0 Å². The highest BCUT2D eigenvalue weighted by Gasteiger charge is 2.10. The summed E-state index contributed by atoms with van der Waals surface area (Å²) >= 11 is 0. The Morgan fingerprint density at radius 3 is 2.87 bits per heavy atom. The minimum Gasteiger partial charge on any atom is -0.494 e. The van der Waals surface area contributed by atoms with Gasteiger partial charge in [-0.05, 0) is 18.2 Å². The largest absolute Gasteiger partial charge is 0.494 e. The minimum atomic E-state index is 0.653. The van der Waals surface area contributed by atoms with Crippen molar-refractivity contribution >= 4 is 0 Å². The Morgan fingerprint density at radius 1 is 1.22 bits per heavy atom. The van der Waals surface area contributed by atoms with E-state index in [1.807, 2.05) is 41.9 Å². The number of nitrogens with one attached hydrogen (secondary N) is 1. The number of oxazole rings is 1. The van der Waals surface area contributed by atoms with Crippen LogP contribution in [0.15, 0.2) is 47.2 Å². The number of aromatic nitrogens is 3. The molecule has 3 rings (SSSR count). The quantitative estimate of drug-likeness (QED) is 0.726. The van der Waals surface area contributed by atoms with Crippen molar-refractivity contribution in [1.29, 1.82) is 0 Å². The minimum absolute atomic E-state index is 0.653. The van der Waals surface area contributed by atoms with Gasteiger partial charge < -0.3 is 14.5 Å². The molecule has 23 heavy (non-hydrogen) atoms. The molecule has 0 fully saturated rings. The van der Waals surface area contributed by atoms with Crippen LogP contribution in [0.1, 0.15) is 24.2 Å². The van der Waals surface area contributed by atoms with Gasteiger partial charge in [-0.15, -0.1) is 0 Å². The van der Waals surface area contributed by atoms with E-state index in [1.54, 1.807) is 19.6 Å². The van der Waals surface area contributed by atoms with Crippen LogP contribution < -0.4 is 10.1 Å². The molecule has 0 saturated heterocycles. The lowest BCUT2D eigenvalue weighted by molar-refractivity contribution is 0.411. The van der Waals surface area contributed by atoms with Crippen LogP contribution in [-0.4, -0.2) is 21.9 Å². The van der Waals surface area contributed by atoms with Crippen LogP contribution in [0.5, 0.6) is 5.75 Å². The van der Waals surface area contributed by atoms with Crippen LogP contribution in [0.2, 0.25) is 0 Å². The maximum atomic E-state index is 5.41. The van der Waals surface area contributed by atoms with Crippen LogP contribution >= 0.6 is 0 Å². The van der Waals surface area contributed by atoms with Gasteiger partial charge in [0, 0.05) is 25.7 Å². The van der Waals surface area contributed by atoms with Gasteiger partial charge in [0.15, 0.2) is 5.89 Å². The lowest BCUT2D eigenvalue weighted by Gasteiger charge is -2.11. The molecule has 0 aliphatic rings. The summed E-state index contributed by atoms with van der Waals surface area (Å²) in [5, 5.41) is 7.77. The fourth-order valence-electron chi connectivity index (χ4n) is 2.40. The second-order valence-corrected chi connectivity index (χ2v) is 5.10. The Morgan fingerprint density at radius 2 is 2.09 bits per heavy atom.